The molecule has 0 aromatic carbocycles. The predicted octanol–water partition coefficient (Wildman–Crippen LogP) is 11.6. The second kappa shape index (κ2) is 39.2. The summed E-state index contributed by atoms with van der Waals surface area (Å²) in [4.78, 5) is 36.8. The van der Waals surface area contributed by atoms with Crippen molar-refractivity contribution in [3.8, 4) is 0 Å². The Morgan fingerprint density at radius 2 is 0.800 bits per heavy atom. The normalized spacial score (nSPS) is 12.8. The molecular weight excluding hydrogens is 691 g/mol. The Balaban J connectivity index is 4.17. The lowest BCUT2D eigenvalue weighted by molar-refractivity contribution is -0.889. The van der Waals surface area contributed by atoms with Gasteiger partial charge in [-0.2, -0.15) is 0 Å². The van der Waals surface area contributed by atoms with Crippen molar-refractivity contribution in [1.82, 2.24) is 0 Å². The monoisotopic (exact) mass is 782 g/mol. The average Bonchev–Trinajstić information content (AvgIpc) is 3.14. The van der Waals surface area contributed by atoms with Crippen LogP contribution in [0, 0.1) is 0 Å². The highest BCUT2D eigenvalue weighted by Crippen LogP contribution is 2.16. The highest BCUT2D eigenvalue weighted by Gasteiger charge is 2.25. The van der Waals surface area contributed by atoms with Gasteiger partial charge in [0.1, 0.15) is 12.6 Å². The first-order chi connectivity index (χ1) is 26.6. The maximum absolute atomic E-state index is 12.7. The number of unbranched alkanes of at least 4 members (excludes halogenated alkanes) is 29. The first-order valence-corrected chi connectivity index (χ1v) is 23.6. The molecule has 0 saturated heterocycles. The van der Waals surface area contributed by atoms with Gasteiger partial charge < -0.3 is 28.6 Å². The lowest BCUT2D eigenvalue weighted by atomic mass is 10.0. The molecule has 0 heterocycles. The van der Waals surface area contributed by atoms with E-state index in [0.29, 0.717) is 12.8 Å². The van der Waals surface area contributed by atoms with Gasteiger partial charge in [0.05, 0.1) is 40.3 Å². The number of hydrogen-bond acceptors (Lipinski definition) is 7. The largest absolute Gasteiger partial charge is 0.544 e. The van der Waals surface area contributed by atoms with Gasteiger partial charge in [-0.3, -0.25) is 9.59 Å². The van der Waals surface area contributed by atoms with Crippen molar-refractivity contribution in [3.63, 3.8) is 0 Å². The Labute approximate surface area is 340 Å². The molecule has 2 atom stereocenters. The van der Waals surface area contributed by atoms with Crippen LogP contribution in [0.1, 0.15) is 232 Å². The zero-order valence-electron chi connectivity index (χ0n) is 37.1. The molecular formula is C47H91NO7. The van der Waals surface area contributed by atoms with E-state index in [4.69, 9.17) is 14.2 Å². The minimum atomic E-state index is -1.12. The average molecular weight is 782 g/mol. The van der Waals surface area contributed by atoms with E-state index in [2.05, 4.69) is 13.8 Å². The van der Waals surface area contributed by atoms with Crippen LogP contribution in [0.3, 0.4) is 0 Å². The van der Waals surface area contributed by atoms with Gasteiger partial charge in [0.15, 0.2) is 6.10 Å². The Morgan fingerprint density at radius 1 is 0.473 bits per heavy atom. The maximum atomic E-state index is 12.7. The van der Waals surface area contributed by atoms with Crippen molar-refractivity contribution in [2.45, 2.75) is 244 Å². The molecule has 0 fully saturated rings. The molecule has 0 bridgehead atoms. The zero-order chi connectivity index (χ0) is 40.7. The van der Waals surface area contributed by atoms with Crippen molar-refractivity contribution < 1.29 is 38.2 Å². The fraction of sp³-hybridized carbons (Fsp3) is 0.936. The minimum absolute atomic E-state index is 0.0491. The molecule has 0 aromatic rings. The van der Waals surface area contributed by atoms with Crippen LogP contribution in [0.4, 0.5) is 0 Å². The highest BCUT2D eigenvalue weighted by molar-refractivity contribution is 5.70. The third-order valence-corrected chi connectivity index (χ3v) is 11.0. The Bertz CT molecular complexity index is 874. The number of rotatable bonds is 43. The summed E-state index contributed by atoms with van der Waals surface area (Å²) in [6, 6.07) is -0.719. The van der Waals surface area contributed by atoms with E-state index < -0.39 is 18.1 Å². The molecule has 326 valence electrons. The van der Waals surface area contributed by atoms with Crippen LogP contribution >= 0.6 is 0 Å². The fourth-order valence-electron chi connectivity index (χ4n) is 7.31. The number of carboxylic acids is 1. The lowest BCUT2D eigenvalue weighted by Gasteiger charge is -2.34. The third-order valence-electron chi connectivity index (χ3n) is 11.0. The van der Waals surface area contributed by atoms with Crippen molar-refractivity contribution in [1.29, 1.82) is 0 Å². The van der Waals surface area contributed by atoms with Crippen LogP contribution in [0.15, 0.2) is 0 Å². The van der Waals surface area contributed by atoms with Gasteiger partial charge in [-0.1, -0.05) is 200 Å². The number of nitrogens with zero attached hydrogens (tertiary/aromatic N) is 1. The number of carboxylic acid groups (broad SMARTS) is 1. The molecule has 0 aliphatic heterocycles. The molecule has 0 aliphatic rings. The van der Waals surface area contributed by atoms with E-state index >= 15 is 0 Å². The van der Waals surface area contributed by atoms with Gasteiger partial charge in [0, 0.05) is 19.3 Å². The lowest BCUT2D eigenvalue weighted by Crippen LogP contribution is -2.55. The summed E-state index contributed by atoms with van der Waals surface area (Å²) >= 11 is 0. The topological polar surface area (TPSA) is 102 Å². The van der Waals surface area contributed by atoms with Crippen molar-refractivity contribution in [2.75, 3.05) is 41.0 Å². The van der Waals surface area contributed by atoms with Gasteiger partial charge in [-0.15, -0.1) is 0 Å². The van der Waals surface area contributed by atoms with Crippen LogP contribution in [-0.2, 0) is 28.6 Å². The third kappa shape index (κ3) is 37.7. The van der Waals surface area contributed by atoms with Crippen LogP contribution < -0.4 is 5.11 Å². The molecule has 0 spiro atoms. The quantitative estimate of drug-likeness (QED) is 0.0345. The fourth-order valence-corrected chi connectivity index (χ4v) is 7.31. The number of ether oxygens (including phenoxy) is 3. The standard InChI is InChI=1S/C47H91NO7/c1-6-8-10-12-14-16-18-19-20-21-22-23-24-25-26-28-29-31-33-35-37-45(49)54-42-43(41-53-40-39-44(47(51)52)48(3,4)5)55-46(50)38-36-34-32-30-27-17-15-13-11-9-7-2/h43-44H,6-42H2,1-5H3. The van der Waals surface area contributed by atoms with Crippen LogP contribution in [0.5, 0.6) is 0 Å². The van der Waals surface area contributed by atoms with E-state index in [1.165, 1.54) is 161 Å². The van der Waals surface area contributed by atoms with Crippen molar-refractivity contribution >= 4 is 17.9 Å². The molecule has 0 amide bonds. The second-order valence-electron chi connectivity index (χ2n) is 17.4. The van der Waals surface area contributed by atoms with Crippen molar-refractivity contribution in [2.24, 2.45) is 0 Å². The van der Waals surface area contributed by atoms with E-state index in [1.807, 2.05) is 0 Å². The summed E-state index contributed by atoms with van der Waals surface area (Å²) in [6.45, 7) is 4.69. The van der Waals surface area contributed by atoms with E-state index in [1.54, 1.807) is 21.1 Å². The van der Waals surface area contributed by atoms with Gasteiger partial charge in [-0.05, 0) is 12.8 Å². The molecule has 2 unspecified atom stereocenters. The molecule has 0 aliphatic carbocycles. The summed E-state index contributed by atoms with van der Waals surface area (Å²) in [5.41, 5.74) is 0. The van der Waals surface area contributed by atoms with Gasteiger partial charge in [0.2, 0.25) is 0 Å². The number of likely N-dealkylation sites (N-methyl/N-ethyl adjacent to an activating group) is 1. The number of esters is 2. The smallest absolute Gasteiger partial charge is 0.306 e. The number of carbonyl (C=O) groups is 3. The summed E-state index contributed by atoms with van der Waals surface area (Å²) < 4.78 is 17.2. The number of carbonyl (C=O) groups excluding carboxylic acids is 3. The van der Waals surface area contributed by atoms with Gasteiger partial charge in [-0.25, -0.2) is 0 Å². The Morgan fingerprint density at radius 3 is 1.13 bits per heavy atom. The van der Waals surface area contributed by atoms with Crippen molar-refractivity contribution in [3.05, 3.63) is 0 Å². The van der Waals surface area contributed by atoms with Crippen LogP contribution in [-0.4, -0.2) is 75.5 Å². The SMILES string of the molecule is CCCCCCCCCCCCCCCCCCCCCCC(=O)OCC(COCCC(C(=O)[O-])[N+](C)(C)C)OC(=O)CCCCCCCCCCCCC. The Hall–Kier alpha value is -1.67. The summed E-state index contributed by atoms with van der Waals surface area (Å²) in [6.07, 6.45) is 39.9. The van der Waals surface area contributed by atoms with Gasteiger partial charge in [0.25, 0.3) is 0 Å². The van der Waals surface area contributed by atoms with E-state index in [9.17, 15) is 19.5 Å². The molecule has 0 N–H and O–H groups in total. The molecule has 55 heavy (non-hydrogen) atoms. The minimum Gasteiger partial charge on any atom is -0.544 e. The van der Waals surface area contributed by atoms with Crippen LogP contribution in [0.2, 0.25) is 0 Å². The van der Waals surface area contributed by atoms with E-state index in [0.717, 1.165) is 38.5 Å². The molecule has 0 saturated carbocycles. The molecule has 8 heteroatoms. The molecule has 0 radical (unpaired) electrons. The highest BCUT2D eigenvalue weighted by atomic mass is 16.6. The predicted molar refractivity (Wildman–Crippen MR) is 227 cm³/mol. The van der Waals surface area contributed by atoms with Gasteiger partial charge >= 0.3 is 11.9 Å². The molecule has 0 aromatic heterocycles. The zero-order valence-corrected chi connectivity index (χ0v) is 37.1. The molecule has 0 rings (SSSR count). The first-order valence-electron chi connectivity index (χ1n) is 23.6. The summed E-state index contributed by atoms with van der Waals surface area (Å²) in [7, 11) is 5.42. The Kier molecular flexibility index (Phi) is 38.0. The number of hydrogen-bond donors (Lipinski definition) is 0. The van der Waals surface area contributed by atoms with E-state index in [-0.39, 0.29) is 42.7 Å². The first kappa shape index (κ1) is 53.3. The van der Waals surface area contributed by atoms with Crippen LogP contribution in [0.25, 0.3) is 0 Å². The number of quaternary nitrogens is 1. The maximum Gasteiger partial charge on any atom is 0.306 e. The second-order valence-corrected chi connectivity index (χ2v) is 17.4. The summed E-state index contributed by atoms with van der Waals surface area (Å²) in [5.74, 6) is -1.71. The summed E-state index contributed by atoms with van der Waals surface area (Å²) in [5, 5.41) is 11.6. The number of aliphatic carboxylic acids is 1. The molecule has 8 nitrogen and oxygen atoms in total.